The van der Waals surface area contributed by atoms with Gasteiger partial charge in [-0.1, -0.05) is 38.5 Å². The molecule has 0 saturated heterocycles. The van der Waals surface area contributed by atoms with E-state index in [4.69, 9.17) is 5.73 Å². The van der Waals surface area contributed by atoms with Gasteiger partial charge in [0.2, 0.25) is 17.7 Å². The fourth-order valence-corrected chi connectivity index (χ4v) is 3.80. The first kappa shape index (κ1) is 29.7. The largest absolute Gasteiger partial charge is 0.480 e. The van der Waals surface area contributed by atoms with Gasteiger partial charge in [-0.2, -0.15) is 0 Å². The maximum Gasteiger partial charge on any atom is 0.326 e. The number of nitrogens with one attached hydrogen (secondary N) is 4. The smallest absolute Gasteiger partial charge is 0.326 e. The summed E-state index contributed by atoms with van der Waals surface area (Å²) >= 11 is 0. The number of aromatic amines is 1. The summed E-state index contributed by atoms with van der Waals surface area (Å²) < 4.78 is 0. The molecule has 0 aliphatic heterocycles. The van der Waals surface area contributed by atoms with Crippen LogP contribution in [0.3, 0.4) is 0 Å². The third-order valence-corrected chi connectivity index (χ3v) is 6.39. The summed E-state index contributed by atoms with van der Waals surface area (Å²) in [6, 6.07) is 2.10. The maximum atomic E-state index is 13.3. The molecule has 7 unspecified atom stereocenters. The van der Waals surface area contributed by atoms with Gasteiger partial charge in [0.05, 0.1) is 12.2 Å². The number of fused-ring (bicyclic) bond motifs is 1. The molecule has 3 amide bonds. The minimum Gasteiger partial charge on any atom is -0.480 e. The Kier molecular flexibility index (Phi) is 10.6. The van der Waals surface area contributed by atoms with Crippen molar-refractivity contribution in [3.63, 3.8) is 0 Å². The molecule has 1 heterocycles. The molecular weight excluding hydrogens is 482 g/mol. The van der Waals surface area contributed by atoms with E-state index < -0.39 is 60.1 Å². The van der Waals surface area contributed by atoms with E-state index >= 15 is 0 Å². The lowest BCUT2D eigenvalue weighted by molar-refractivity contribution is -0.144. The lowest BCUT2D eigenvalue weighted by Gasteiger charge is -2.27. The van der Waals surface area contributed by atoms with Gasteiger partial charge >= 0.3 is 5.97 Å². The van der Waals surface area contributed by atoms with Crippen LogP contribution in [-0.4, -0.2) is 80.4 Å². The highest BCUT2D eigenvalue weighted by atomic mass is 16.4. The van der Waals surface area contributed by atoms with Crippen molar-refractivity contribution in [2.45, 2.75) is 76.9 Å². The van der Waals surface area contributed by atoms with Crippen LogP contribution in [0.1, 0.15) is 39.7 Å². The van der Waals surface area contributed by atoms with Crippen LogP contribution in [-0.2, 0) is 25.6 Å². The second-order valence-electron chi connectivity index (χ2n) is 9.33. The molecule has 2 aromatic rings. The van der Waals surface area contributed by atoms with E-state index in [0.29, 0.717) is 12.0 Å². The average Bonchev–Trinajstić information content (AvgIpc) is 3.26. The Morgan fingerprint density at radius 1 is 0.919 bits per heavy atom. The zero-order valence-electron chi connectivity index (χ0n) is 21.4. The molecule has 12 heteroatoms. The van der Waals surface area contributed by atoms with Crippen molar-refractivity contribution in [1.29, 1.82) is 0 Å². The standard InChI is InChI=1S/C25H37N5O7/c1-5-12(2)20(25(36)37)29-22(33)18(10-15-11-27-17-9-7-6-8-16(15)17)28-24(35)21(14(4)32)30-23(34)19(26)13(3)31/h6-9,11-14,18-21,27,31-32H,5,10,26H2,1-4H3,(H,28,35)(H,29,33)(H,30,34)(H,36,37). The Morgan fingerprint density at radius 2 is 1.54 bits per heavy atom. The lowest BCUT2D eigenvalue weighted by Crippen LogP contribution is -2.61. The van der Waals surface area contributed by atoms with Gasteiger partial charge in [0.1, 0.15) is 24.2 Å². The van der Waals surface area contributed by atoms with Crippen molar-refractivity contribution in [2.75, 3.05) is 0 Å². The number of para-hydroxylation sites is 1. The summed E-state index contributed by atoms with van der Waals surface area (Å²) in [4.78, 5) is 53.6. The van der Waals surface area contributed by atoms with Crippen molar-refractivity contribution in [3.8, 4) is 0 Å². The van der Waals surface area contributed by atoms with Crippen LogP contribution < -0.4 is 21.7 Å². The first-order chi connectivity index (χ1) is 17.4. The highest BCUT2D eigenvalue weighted by molar-refractivity contribution is 5.95. The maximum absolute atomic E-state index is 13.3. The van der Waals surface area contributed by atoms with E-state index in [9.17, 15) is 34.5 Å². The molecule has 0 aliphatic rings. The molecule has 37 heavy (non-hydrogen) atoms. The lowest BCUT2D eigenvalue weighted by atomic mass is 9.97. The molecule has 0 fully saturated rings. The number of carboxylic acids is 1. The summed E-state index contributed by atoms with van der Waals surface area (Å²) in [7, 11) is 0. The number of aliphatic hydroxyl groups is 2. The molecule has 0 aliphatic carbocycles. The predicted octanol–water partition coefficient (Wildman–Crippen LogP) is -0.616. The fraction of sp³-hybridized carbons (Fsp3) is 0.520. The number of aliphatic carboxylic acids is 1. The molecule has 7 atom stereocenters. The highest BCUT2D eigenvalue weighted by Gasteiger charge is 2.34. The molecular formula is C25H37N5O7. The van der Waals surface area contributed by atoms with Crippen LogP contribution in [0, 0.1) is 5.92 Å². The molecule has 0 spiro atoms. The summed E-state index contributed by atoms with van der Waals surface area (Å²) in [5.41, 5.74) is 7.13. The van der Waals surface area contributed by atoms with Gasteiger partial charge in [0.25, 0.3) is 0 Å². The number of benzene rings is 1. The van der Waals surface area contributed by atoms with Crippen molar-refractivity contribution in [2.24, 2.45) is 11.7 Å². The number of hydrogen-bond acceptors (Lipinski definition) is 7. The van der Waals surface area contributed by atoms with Crippen molar-refractivity contribution in [1.82, 2.24) is 20.9 Å². The number of rotatable bonds is 13. The predicted molar refractivity (Wildman–Crippen MR) is 136 cm³/mol. The molecule has 12 nitrogen and oxygen atoms in total. The Hall–Kier alpha value is -3.48. The van der Waals surface area contributed by atoms with Crippen molar-refractivity contribution >= 4 is 34.6 Å². The minimum absolute atomic E-state index is 0.00208. The second kappa shape index (κ2) is 13.2. The van der Waals surface area contributed by atoms with Gasteiger partial charge in [-0.3, -0.25) is 14.4 Å². The topological polar surface area (TPSA) is 207 Å². The molecule has 0 bridgehead atoms. The molecule has 204 valence electrons. The Bertz CT molecular complexity index is 1100. The Morgan fingerprint density at radius 3 is 2.11 bits per heavy atom. The van der Waals surface area contributed by atoms with Gasteiger partial charge < -0.3 is 42.0 Å². The molecule has 2 rings (SSSR count). The number of carbonyl (C=O) groups excluding carboxylic acids is 3. The number of hydrogen-bond donors (Lipinski definition) is 8. The third-order valence-electron chi connectivity index (χ3n) is 6.39. The summed E-state index contributed by atoms with van der Waals surface area (Å²) in [5.74, 6) is -4.06. The van der Waals surface area contributed by atoms with Crippen LogP contribution in [0.5, 0.6) is 0 Å². The fourth-order valence-electron chi connectivity index (χ4n) is 3.80. The van der Waals surface area contributed by atoms with Gasteiger partial charge in [-0.15, -0.1) is 0 Å². The number of H-pyrrole nitrogens is 1. The monoisotopic (exact) mass is 519 g/mol. The van der Waals surface area contributed by atoms with Gasteiger partial charge in [-0.25, -0.2) is 4.79 Å². The van der Waals surface area contributed by atoms with Crippen LogP contribution in [0.25, 0.3) is 10.9 Å². The normalized spacial score (nSPS) is 17.1. The number of nitrogens with two attached hydrogens (primary N) is 1. The van der Waals surface area contributed by atoms with E-state index in [2.05, 4.69) is 20.9 Å². The Balaban J connectivity index is 2.34. The first-order valence-corrected chi connectivity index (χ1v) is 12.2. The second-order valence-corrected chi connectivity index (χ2v) is 9.33. The summed E-state index contributed by atoms with van der Waals surface area (Å²) in [5, 5.41) is 37.5. The first-order valence-electron chi connectivity index (χ1n) is 12.2. The quantitative estimate of drug-likeness (QED) is 0.171. The summed E-state index contributed by atoms with van der Waals surface area (Å²) in [6.45, 7) is 6.07. The van der Waals surface area contributed by atoms with E-state index in [0.717, 1.165) is 10.9 Å². The van der Waals surface area contributed by atoms with Crippen LogP contribution in [0.15, 0.2) is 30.5 Å². The van der Waals surface area contributed by atoms with Gasteiger partial charge in [0, 0.05) is 23.5 Å². The minimum atomic E-state index is -1.49. The van der Waals surface area contributed by atoms with Crippen LogP contribution in [0.4, 0.5) is 0 Å². The molecule has 1 aromatic carbocycles. The van der Waals surface area contributed by atoms with E-state index in [-0.39, 0.29) is 12.3 Å². The van der Waals surface area contributed by atoms with Crippen molar-refractivity contribution < 1.29 is 34.5 Å². The molecule has 9 N–H and O–H groups in total. The number of carboxylic acid groups (broad SMARTS) is 1. The van der Waals surface area contributed by atoms with E-state index in [1.54, 1.807) is 20.0 Å². The zero-order valence-corrected chi connectivity index (χ0v) is 21.4. The molecule has 1 aromatic heterocycles. The Labute approximate surface area is 215 Å². The highest BCUT2D eigenvalue weighted by Crippen LogP contribution is 2.19. The van der Waals surface area contributed by atoms with Crippen LogP contribution >= 0.6 is 0 Å². The van der Waals surface area contributed by atoms with Crippen LogP contribution in [0.2, 0.25) is 0 Å². The zero-order chi connectivity index (χ0) is 27.9. The van der Waals surface area contributed by atoms with E-state index in [1.807, 2.05) is 24.3 Å². The number of aromatic nitrogens is 1. The summed E-state index contributed by atoms with van der Waals surface area (Å²) in [6.07, 6.45) is -0.380. The number of aliphatic hydroxyl groups excluding tert-OH is 2. The average molecular weight is 520 g/mol. The molecule has 0 radical (unpaired) electrons. The van der Waals surface area contributed by atoms with Gasteiger partial charge in [-0.05, 0) is 31.4 Å². The number of amides is 3. The SMILES string of the molecule is CCC(C)C(NC(=O)C(Cc1c[nH]c2ccccc12)NC(=O)C(NC(=O)C(N)C(C)O)C(C)O)C(=O)O. The third kappa shape index (κ3) is 7.75. The van der Waals surface area contributed by atoms with Crippen molar-refractivity contribution in [3.05, 3.63) is 36.0 Å². The molecule has 0 saturated carbocycles. The number of carbonyl (C=O) groups is 4. The van der Waals surface area contributed by atoms with E-state index in [1.165, 1.54) is 13.8 Å². The van der Waals surface area contributed by atoms with Gasteiger partial charge in [0.15, 0.2) is 0 Å².